The standard InChI is InChI=1S/C19H20N6O6/c1-9(11-3-5-12(6-4-11)25(29)30)23-18(28)14-13-17(21-7-20-14)24(8-22-13)19-16(27)15(26)10(2)31-19/h3-10,15-16,19,26-27H,1-2H3,(H,23,28)/t9?,10-,15-,16-,19-/m1/s1. The van der Waals surface area contributed by atoms with E-state index in [1.165, 1.54) is 29.4 Å². The van der Waals surface area contributed by atoms with Gasteiger partial charge in [-0.3, -0.25) is 19.5 Å². The van der Waals surface area contributed by atoms with Crippen molar-refractivity contribution in [1.82, 2.24) is 24.8 Å². The fourth-order valence-corrected chi connectivity index (χ4v) is 3.49. The summed E-state index contributed by atoms with van der Waals surface area (Å²) in [6.45, 7) is 3.38. The summed E-state index contributed by atoms with van der Waals surface area (Å²) in [7, 11) is 0. The zero-order chi connectivity index (χ0) is 22.3. The van der Waals surface area contributed by atoms with Crippen LogP contribution in [-0.4, -0.2) is 58.9 Å². The molecular weight excluding hydrogens is 408 g/mol. The Morgan fingerprint density at radius 2 is 1.94 bits per heavy atom. The maximum absolute atomic E-state index is 12.8. The van der Waals surface area contributed by atoms with Crippen LogP contribution in [0.15, 0.2) is 36.9 Å². The van der Waals surface area contributed by atoms with Crippen LogP contribution in [0, 0.1) is 10.1 Å². The van der Waals surface area contributed by atoms with Gasteiger partial charge >= 0.3 is 0 Å². The van der Waals surface area contributed by atoms with E-state index in [0.717, 1.165) is 0 Å². The Hall–Kier alpha value is -3.48. The zero-order valence-electron chi connectivity index (χ0n) is 16.6. The second-order valence-electron chi connectivity index (χ2n) is 7.30. The maximum Gasteiger partial charge on any atom is 0.272 e. The van der Waals surface area contributed by atoms with Gasteiger partial charge in [0.15, 0.2) is 17.6 Å². The Morgan fingerprint density at radius 3 is 2.55 bits per heavy atom. The molecule has 1 amide bonds. The number of aliphatic hydroxyl groups excluding tert-OH is 2. The van der Waals surface area contributed by atoms with Crippen molar-refractivity contribution in [1.29, 1.82) is 0 Å². The van der Waals surface area contributed by atoms with Gasteiger partial charge in [-0.2, -0.15) is 0 Å². The minimum atomic E-state index is -1.18. The molecule has 1 fully saturated rings. The number of hydrogen-bond donors (Lipinski definition) is 3. The van der Waals surface area contributed by atoms with E-state index in [1.807, 2.05) is 0 Å². The van der Waals surface area contributed by atoms with E-state index in [-0.39, 0.29) is 22.5 Å². The van der Waals surface area contributed by atoms with Crippen LogP contribution >= 0.6 is 0 Å². The largest absolute Gasteiger partial charge is 0.388 e. The summed E-state index contributed by atoms with van der Waals surface area (Å²) in [4.78, 5) is 35.5. The fraction of sp³-hybridized carbons (Fsp3) is 0.368. The Bertz CT molecular complexity index is 1130. The van der Waals surface area contributed by atoms with E-state index >= 15 is 0 Å². The highest BCUT2D eigenvalue weighted by Crippen LogP contribution is 2.31. The number of fused-ring (bicyclic) bond motifs is 1. The fourth-order valence-electron chi connectivity index (χ4n) is 3.49. The van der Waals surface area contributed by atoms with Gasteiger partial charge < -0.3 is 20.3 Å². The molecule has 0 aliphatic carbocycles. The predicted molar refractivity (Wildman–Crippen MR) is 106 cm³/mol. The third-order valence-corrected chi connectivity index (χ3v) is 5.28. The normalized spacial score (nSPS) is 24.3. The van der Waals surface area contributed by atoms with Crippen molar-refractivity contribution >= 4 is 22.8 Å². The molecule has 3 heterocycles. The molecule has 162 valence electrons. The molecule has 1 unspecified atom stereocenters. The molecular formula is C19H20N6O6. The van der Waals surface area contributed by atoms with Crippen molar-refractivity contribution in [3.05, 3.63) is 58.3 Å². The number of nitro benzene ring substituents is 1. The van der Waals surface area contributed by atoms with E-state index in [4.69, 9.17) is 4.74 Å². The number of nitro groups is 1. The molecule has 3 aromatic rings. The molecule has 1 aromatic carbocycles. The molecule has 5 atom stereocenters. The number of non-ortho nitro benzene ring substituents is 1. The second kappa shape index (κ2) is 7.98. The number of imidazole rings is 1. The lowest BCUT2D eigenvalue weighted by Crippen LogP contribution is -2.30. The van der Waals surface area contributed by atoms with E-state index in [1.54, 1.807) is 26.0 Å². The average Bonchev–Trinajstić information content (AvgIpc) is 3.29. The van der Waals surface area contributed by atoms with Crippen LogP contribution in [0.2, 0.25) is 0 Å². The molecule has 1 saturated heterocycles. The van der Waals surface area contributed by atoms with Crippen LogP contribution in [0.25, 0.3) is 11.2 Å². The molecule has 12 nitrogen and oxygen atoms in total. The SMILES string of the molecule is CC(NC(=O)c1ncnc2c1ncn2[C@@H]1O[C@H](C)[C@@H](O)[C@H]1O)c1ccc([N+](=O)[O-])cc1. The highest BCUT2D eigenvalue weighted by Gasteiger charge is 2.42. The smallest absolute Gasteiger partial charge is 0.272 e. The van der Waals surface area contributed by atoms with Gasteiger partial charge in [-0.1, -0.05) is 12.1 Å². The number of ether oxygens (including phenoxy) is 1. The first-order valence-corrected chi connectivity index (χ1v) is 9.52. The molecule has 2 aromatic heterocycles. The summed E-state index contributed by atoms with van der Waals surface area (Å²) in [5.74, 6) is -0.509. The number of rotatable bonds is 5. The van der Waals surface area contributed by atoms with Crippen molar-refractivity contribution in [2.45, 2.75) is 44.4 Å². The molecule has 3 N–H and O–H groups in total. The number of carbonyl (C=O) groups is 1. The van der Waals surface area contributed by atoms with E-state index in [0.29, 0.717) is 5.56 Å². The molecule has 0 spiro atoms. The number of amides is 1. The van der Waals surface area contributed by atoms with Gasteiger partial charge in [0.1, 0.15) is 24.1 Å². The van der Waals surface area contributed by atoms with Gasteiger partial charge in [-0.15, -0.1) is 0 Å². The number of aliphatic hydroxyl groups is 2. The van der Waals surface area contributed by atoms with Crippen molar-refractivity contribution in [3.8, 4) is 0 Å². The summed E-state index contributed by atoms with van der Waals surface area (Å²) in [5.41, 5.74) is 1.15. The van der Waals surface area contributed by atoms with Gasteiger partial charge in [-0.25, -0.2) is 15.0 Å². The Kier molecular flexibility index (Phi) is 5.35. The highest BCUT2D eigenvalue weighted by molar-refractivity contribution is 6.02. The summed E-state index contributed by atoms with van der Waals surface area (Å²) in [6, 6.07) is 5.42. The molecule has 1 aliphatic rings. The quantitative estimate of drug-likeness (QED) is 0.395. The summed E-state index contributed by atoms with van der Waals surface area (Å²) in [6.07, 6.45) is -1.15. The van der Waals surface area contributed by atoms with Crippen molar-refractivity contribution < 1.29 is 24.7 Å². The molecule has 0 saturated carbocycles. The van der Waals surface area contributed by atoms with Gasteiger partial charge in [0.05, 0.1) is 23.4 Å². The zero-order valence-corrected chi connectivity index (χ0v) is 16.6. The van der Waals surface area contributed by atoms with Crippen LogP contribution in [0.4, 0.5) is 5.69 Å². The topological polar surface area (TPSA) is 166 Å². The van der Waals surface area contributed by atoms with Gasteiger partial charge in [0.25, 0.3) is 11.6 Å². The molecule has 0 radical (unpaired) electrons. The molecule has 31 heavy (non-hydrogen) atoms. The number of hydrogen-bond acceptors (Lipinski definition) is 9. The lowest BCUT2D eigenvalue weighted by atomic mass is 10.1. The molecule has 12 heteroatoms. The van der Waals surface area contributed by atoms with Crippen molar-refractivity contribution in [3.63, 3.8) is 0 Å². The van der Waals surface area contributed by atoms with Crippen LogP contribution in [-0.2, 0) is 4.74 Å². The predicted octanol–water partition coefficient (Wildman–Crippen LogP) is 0.865. The number of aromatic nitrogens is 4. The monoisotopic (exact) mass is 428 g/mol. The van der Waals surface area contributed by atoms with E-state index in [2.05, 4.69) is 20.3 Å². The summed E-state index contributed by atoms with van der Waals surface area (Å²) in [5, 5.41) is 33.8. The number of nitrogens with one attached hydrogen (secondary N) is 1. The lowest BCUT2D eigenvalue weighted by molar-refractivity contribution is -0.384. The Balaban J connectivity index is 1.57. The van der Waals surface area contributed by atoms with Gasteiger partial charge in [-0.05, 0) is 19.4 Å². The second-order valence-corrected chi connectivity index (χ2v) is 7.30. The van der Waals surface area contributed by atoms with Crippen molar-refractivity contribution in [2.75, 3.05) is 0 Å². The average molecular weight is 428 g/mol. The number of benzene rings is 1. The Labute approximate surface area is 175 Å². The molecule has 0 bridgehead atoms. The van der Waals surface area contributed by atoms with Gasteiger partial charge in [0, 0.05) is 12.1 Å². The minimum absolute atomic E-state index is 0.0265. The Morgan fingerprint density at radius 1 is 1.23 bits per heavy atom. The summed E-state index contributed by atoms with van der Waals surface area (Å²) < 4.78 is 7.05. The third-order valence-electron chi connectivity index (χ3n) is 5.28. The first-order valence-electron chi connectivity index (χ1n) is 9.52. The first kappa shape index (κ1) is 20.8. The highest BCUT2D eigenvalue weighted by atomic mass is 16.6. The first-order chi connectivity index (χ1) is 14.8. The van der Waals surface area contributed by atoms with Crippen molar-refractivity contribution in [2.24, 2.45) is 0 Å². The third kappa shape index (κ3) is 3.71. The van der Waals surface area contributed by atoms with E-state index < -0.39 is 41.4 Å². The van der Waals surface area contributed by atoms with Crippen LogP contribution < -0.4 is 5.32 Å². The molecule has 4 rings (SSSR count). The maximum atomic E-state index is 12.8. The molecule has 1 aliphatic heterocycles. The van der Waals surface area contributed by atoms with E-state index in [9.17, 15) is 25.1 Å². The minimum Gasteiger partial charge on any atom is -0.388 e. The van der Waals surface area contributed by atoms with Crippen LogP contribution in [0.1, 0.15) is 42.2 Å². The summed E-state index contributed by atoms with van der Waals surface area (Å²) >= 11 is 0. The van der Waals surface area contributed by atoms with Crippen LogP contribution in [0.5, 0.6) is 0 Å². The van der Waals surface area contributed by atoms with Crippen LogP contribution in [0.3, 0.4) is 0 Å². The van der Waals surface area contributed by atoms with Gasteiger partial charge in [0.2, 0.25) is 0 Å². The lowest BCUT2D eigenvalue weighted by Gasteiger charge is -2.16. The number of nitrogens with zero attached hydrogens (tertiary/aromatic N) is 5. The number of carbonyl (C=O) groups excluding carboxylic acids is 1.